The number of carbonyl (C=O) groups is 2. The van der Waals surface area contributed by atoms with Crippen molar-refractivity contribution in [2.75, 3.05) is 11.9 Å². The Balaban J connectivity index is 1.65. The Hall–Kier alpha value is -2.63. The molecule has 0 spiro atoms. The number of amides is 2. The summed E-state index contributed by atoms with van der Waals surface area (Å²) in [4.78, 5) is 25.6. The van der Waals surface area contributed by atoms with Crippen LogP contribution < -0.4 is 5.32 Å². The maximum Gasteiger partial charge on any atom is 0.227 e. The van der Waals surface area contributed by atoms with Crippen molar-refractivity contribution in [1.29, 1.82) is 0 Å². The van der Waals surface area contributed by atoms with Crippen molar-refractivity contribution in [2.45, 2.75) is 52.6 Å². The molecular formula is C20H26N4O2. The predicted octanol–water partition coefficient (Wildman–Crippen LogP) is 2.72. The zero-order valence-corrected chi connectivity index (χ0v) is 15.9. The molecule has 138 valence electrons. The molecule has 0 saturated carbocycles. The van der Waals surface area contributed by atoms with Gasteiger partial charge in [0.25, 0.3) is 0 Å². The molecule has 2 aromatic rings. The lowest BCUT2D eigenvalue weighted by molar-refractivity contribution is -0.131. The van der Waals surface area contributed by atoms with Crippen LogP contribution in [0.4, 0.5) is 5.69 Å². The molecule has 1 aliphatic rings. The van der Waals surface area contributed by atoms with Crippen molar-refractivity contribution >= 4 is 17.5 Å². The number of anilines is 1. The molecule has 3 rings (SSSR count). The van der Waals surface area contributed by atoms with E-state index >= 15 is 0 Å². The fourth-order valence-corrected chi connectivity index (χ4v) is 3.32. The lowest BCUT2D eigenvalue weighted by Crippen LogP contribution is -2.38. The van der Waals surface area contributed by atoms with Gasteiger partial charge in [-0.25, -0.2) is 0 Å². The lowest BCUT2D eigenvalue weighted by atomic mass is 10.0. The largest absolute Gasteiger partial charge is 0.338 e. The van der Waals surface area contributed by atoms with Gasteiger partial charge in [0, 0.05) is 43.4 Å². The van der Waals surface area contributed by atoms with Crippen LogP contribution in [0, 0.1) is 0 Å². The Morgan fingerprint density at radius 3 is 2.50 bits per heavy atom. The molecule has 1 N–H and O–H groups in total. The third-order valence-corrected chi connectivity index (χ3v) is 4.55. The molecule has 1 aromatic carbocycles. The SMILES string of the molecule is CC(=O)Nc1ccc(CC(=O)N2CCc3c(cnn3C(C)(C)C)C2)cc1. The summed E-state index contributed by atoms with van der Waals surface area (Å²) in [5.74, 6) is 0.0141. The Labute approximate surface area is 154 Å². The molecule has 1 aromatic heterocycles. The summed E-state index contributed by atoms with van der Waals surface area (Å²) in [5.41, 5.74) is 4.02. The monoisotopic (exact) mass is 354 g/mol. The van der Waals surface area contributed by atoms with Crippen LogP contribution in [0.1, 0.15) is 44.5 Å². The highest BCUT2D eigenvalue weighted by Gasteiger charge is 2.27. The second kappa shape index (κ2) is 6.94. The molecule has 0 bridgehead atoms. The van der Waals surface area contributed by atoms with E-state index in [1.165, 1.54) is 12.6 Å². The number of fused-ring (bicyclic) bond motifs is 1. The number of hydrogen-bond donors (Lipinski definition) is 1. The van der Waals surface area contributed by atoms with Gasteiger partial charge in [0.05, 0.1) is 18.2 Å². The summed E-state index contributed by atoms with van der Waals surface area (Å²) in [5, 5.41) is 7.25. The Kier molecular flexibility index (Phi) is 4.85. The van der Waals surface area contributed by atoms with Crippen LogP contribution in [0.3, 0.4) is 0 Å². The maximum absolute atomic E-state index is 12.7. The molecule has 0 radical (unpaired) electrons. The van der Waals surface area contributed by atoms with Crippen LogP contribution >= 0.6 is 0 Å². The quantitative estimate of drug-likeness (QED) is 0.921. The molecule has 1 aliphatic heterocycles. The third kappa shape index (κ3) is 3.95. The first-order valence-corrected chi connectivity index (χ1v) is 8.94. The summed E-state index contributed by atoms with van der Waals surface area (Å²) in [6, 6.07) is 7.42. The molecule has 26 heavy (non-hydrogen) atoms. The van der Waals surface area contributed by atoms with Gasteiger partial charge in [-0.05, 0) is 38.5 Å². The van der Waals surface area contributed by atoms with Crippen molar-refractivity contribution < 1.29 is 9.59 Å². The zero-order chi connectivity index (χ0) is 18.9. The number of hydrogen-bond acceptors (Lipinski definition) is 3. The van der Waals surface area contributed by atoms with E-state index in [0.29, 0.717) is 13.0 Å². The summed E-state index contributed by atoms with van der Waals surface area (Å²) in [6.45, 7) is 9.24. The standard InChI is InChI=1S/C20H26N4O2/c1-14(25)22-17-7-5-15(6-8-17)11-19(26)23-10-9-18-16(13-23)12-21-24(18)20(2,3)4/h5-8,12H,9-11,13H2,1-4H3,(H,22,25). The molecule has 0 aliphatic carbocycles. The van der Waals surface area contributed by atoms with Crippen LogP contribution in [0.5, 0.6) is 0 Å². The first-order chi connectivity index (χ1) is 12.2. The number of benzene rings is 1. The minimum Gasteiger partial charge on any atom is -0.338 e. The smallest absolute Gasteiger partial charge is 0.227 e. The van der Waals surface area contributed by atoms with E-state index in [0.717, 1.165) is 29.8 Å². The first kappa shape index (κ1) is 18.2. The minimum absolute atomic E-state index is 0.0462. The van der Waals surface area contributed by atoms with Crippen LogP contribution in [-0.4, -0.2) is 33.0 Å². The highest BCUT2D eigenvalue weighted by Crippen LogP contribution is 2.24. The van der Waals surface area contributed by atoms with E-state index in [1.807, 2.05) is 35.4 Å². The molecular weight excluding hydrogens is 328 g/mol. The molecule has 0 saturated heterocycles. The van der Waals surface area contributed by atoms with Gasteiger partial charge in [0.1, 0.15) is 0 Å². The third-order valence-electron chi connectivity index (χ3n) is 4.55. The lowest BCUT2D eigenvalue weighted by Gasteiger charge is -2.30. The molecule has 0 unspecified atom stereocenters. The van der Waals surface area contributed by atoms with Crippen molar-refractivity contribution in [3.8, 4) is 0 Å². The van der Waals surface area contributed by atoms with Gasteiger partial charge in [0.15, 0.2) is 0 Å². The van der Waals surface area contributed by atoms with E-state index < -0.39 is 0 Å². The fourth-order valence-electron chi connectivity index (χ4n) is 3.32. The van der Waals surface area contributed by atoms with Crippen molar-refractivity contribution in [1.82, 2.24) is 14.7 Å². The van der Waals surface area contributed by atoms with Crippen LogP contribution in [0.25, 0.3) is 0 Å². The van der Waals surface area contributed by atoms with Gasteiger partial charge in [-0.15, -0.1) is 0 Å². The first-order valence-electron chi connectivity index (χ1n) is 8.94. The second-order valence-corrected chi connectivity index (χ2v) is 7.82. The van der Waals surface area contributed by atoms with Crippen molar-refractivity contribution in [3.05, 3.63) is 47.3 Å². The highest BCUT2D eigenvalue weighted by atomic mass is 16.2. The Morgan fingerprint density at radius 1 is 1.19 bits per heavy atom. The molecule has 0 atom stereocenters. The van der Waals surface area contributed by atoms with Crippen LogP contribution in [-0.2, 0) is 34.5 Å². The number of nitrogens with zero attached hydrogens (tertiary/aromatic N) is 3. The van der Waals surface area contributed by atoms with Gasteiger partial charge in [-0.1, -0.05) is 12.1 Å². The Bertz CT molecular complexity index is 815. The zero-order valence-electron chi connectivity index (χ0n) is 15.9. The second-order valence-electron chi connectivity index (χ2n) is 7.82. The Morgan fingerprint density at radius 2 is 1.88 bits per heavy atom. The van der Waals surface area contributed by atoms with Crippen molar-refractivity contribution in [2.24, 2.45) is 0 Å². The van der Waals surface area contributed by atoms with E-state index in [-0.39, 0.29) is 17.4 Å². The van der Waals surface area contributed by atoms with Crippen molar-refractivity contribution in [3.63, 3.8) is 0 Å². The summed E-state index contributed by atoms with van der Waals surface area (Å²) in [6.07, 6.45) is 3.09. The fraction of sp³-hybridized carbons (Fsp3) is 0.450. The summed E-state index contributed by atoms with van der Waals surface area (Å²) >= 11 is 0. The maximum atomic E-state index is 12.7. The highest BCUT2D eigenvalue weighted by molar-refractivity contribution is 5.88. The minimum atomic E-state index is -0.103. The van der Waals surface area contributed by atoms with Gasteiger partial charge in [0.2, 0.25) is 11.8 Å². The van der Waals surface area contributed by atoms with E-state index in [9.17, 15) is 9.59 Å². The van der Waals surface area contributed by atoms with Gasteiger partial charge in [-0.2, -0.15) is 5.10 Å². The topological polar surface area (TPSA) is 67.2 Å². The van der Waals surface area contributed by atoms with Gasteiger partial charge >= 0.3 is 0 Å². The molecule has 6 heteroatoms. The van der Waals surface area contributed by atoms with E-state index in [1.54, 1.807) is 0 Å². The summed E-state index contributed by atoms with van der Waals surface area (Å²) < 4.78 is 2.07. The predicted molar refractivity (Wildman–Crippen MR) is 101 cm³/mol. The number of carbonyl (C=O) groups excluding carboxylic acids is 2. The molecule has 6 nitrogen and oxygen atoms in total. The normalized spacial score (nSPS) is 14.1. The van der Waals surface area contributed by atoms with Crippen LogP contribution in [0.15, 0.2) is 30.5 Å². The molecule has 0 fully saturated rings. The van der Waals surface area contributed by atoms with E-state index in [2.05, 4.69) is 35.9 Å². The average molecular weight is 354 g/mol. The number of nitrogens with one attached hydrogen (secondary N) is 1. The summed E-state index contributed by atoms with van der Waals surface area (Å²) in [7, 11) is 0. The molecule has 2 heterocycles. The molecule has 2 amide bonds. The number of rotatable bonds is 3. The van der Waals surface area contributed by atoms with Crippen LogP contribution in [0.2, 0.25) is 0 Å². The van der Waals surface area contributed by atoms with Gasteiger partial charge in [-0.3, -0.25) is 14.3 Å². The van der Waals surface area contributed by atoms with Gasteiger partial charge < -0.3 is 10.2 Å². The van der Waals surface area contributed by atoms with E-state index in [4.69, 9.17) is 0 Å². The average Bonchev–Trinajstić information content (AvgIpc) is 2.99. The number of aromatic nitrogens is 2.